The summed E-state index contributed by atoms with van der Waals surface area (Å²) in [5.74, 6) is 0.512. The van der Waals surface area contributed by atoms with Gasteiger partial charge in [-0.1, -0.05) is 13.3 Å². The number of aliphatic hydroxyl groups is 1. The van der Waals surface area contributed by atoms with Gasteiger partial charge in [0, 0.05) is 18.1 Å². The third-order valence-corrected chi connectivity index (χ3v) is 4.08. The first kappa shape index (κ1) is 14.3. The van der Waals surface area contributed by atoms with E-state index < -0.39 is 6.10 Å². The summed E-state index contributed by atoms with van der Waals surface area (Å²) in [6.07, 6.45) is 5.20. The van der Waals surface area contributed by atoms with Gasteiger partial charge < -0.3 is 15.7 Å². The number of carbonyl (C=O) groups is 1. The van der Waals surface area contributed by atoms with Gasteiger partial charge in [0.2, 0.25) is 0 Å². The molecule has 2 amide bonds. The molecule has 1 aromatic heterocycles. The Bertz CT molecular complexity index is 393. The molecule has 2 atom stereocenters. The Kier molecular flexibility index (Phi) is 5.15. The zero-order chi connectivity index (χ0) is 13.7. The Morgan fingerprint density at radius 3 is 3.00 bits per heavy atom. The first-order valence-corrected chi connectivity index (χ1v) is 7.70. The van der Waals surface area contributed by atoms with Gasteiger partial charge in [-0.15, -0.1) is 11.3 Å². The molecule has 1 fully saturated rings. The number of nitrogens with one attached hydrogen (secondary N) is 2. The smallest absolute Gasteiger partial charge is 0.315 e. The van der Waals surface area contributed by atoms with Crippen LogP contribution in [0, 0.1) is 5.92 Å². The van der Waals surface area contributed by atoms with E-state index >= 15 is 0 Å². The van der Waals surface area contributed by atoms with Gasteiger partial charge in [0.25, 0.3) is 0 Å². The average Bonchev–Trinajstić information content (AvgIpc) is 3.08. The number of nitrogens with zero attached hydrogens (tertiary/aromatic N) is 1. The van der Waals surface area contributed by atoms with E-state index in [1.54, 1.807) is 17.5 Å². The number of aromatic nitrogens is 1. The maximum absolute atomic E-state index is 11.8. The maximum Gasteiger partial charge on any atom is 0.315 e. The molecule has 0 bridgehead atoms. The van der Waals surface area contributed by atoms with Gasteiger partial charge >= 0.3 is 6.03 Å². The number of amides is 2. The van der Waals surface area contributed by atoms with Crippen LogP contribution in [-0.4, -0.2) is 28.8 Å². The van der Waals surface area contributed by atoms with Crippen molar-refractivity contribution in [3.8, 4) is 0 Å². The molecule has 2 unspecified atom stereocenters. The highest BCUT2D eigenvalue weighted by Gasteiger charge is 2.34. The van der Waals surface area contributed by atoms with Crippen molar-refractivity contribution in [2.45, 2.75) is 44.8 Å². The number of urea groups is 1. The topological polar surface area (TPSA) is 74.2 Å². The average molecular weight is 283 g/mol. The lowest BCUT2D eigenvalue weighted by atomic mass is 10.2. The fourth-order valence-corrected chi connectivity index (χ4v) is 2.82. The summed E-state index contributed by atoms with van der Waals surface area (Å²) in [5.41, 5.74) is 0. The van der Waals surface area contributed by atoms with Crippen LogP contribution in [0.25, 0.3) is 0 Å². The maximum atomic E-state index is 11.8. The highest BCUT2D eigenvalue weighted by atomic mass is 32.1. The van der Waals surface area contributed by atoms with Crippen molar-refractivity contribution in [2.24, 2.45) is 5.92 Å². The summed E-state index contributed by atoms with van der Waals surface area (Å²) in [5, 5.41) is 18.2. The molecular weight excluding hydrogens is 262 g/mol. The molecule has 3 N–H and O–H groups in total. The van der Waals surface area contributed by atoms with Crippen molar-refractivity contribution in [1.82, 2.24) is 15.6 Å². The Hall–Kier alpha value is -1.14. The van der Waals surface area contributed by atoms with Crippen LogP contribution in [0.1, 0.15) is 43.7 Å². The lowest BCUT2D eigenvalue weighted by Gasteiger charge is -2.17. The van der Waals surface area contributed by atoms with Crippen molar-refractivity contribution >= 4 is 17.4 Å². The number of thiazole rings is 1. The monoisotopic (exact) mass is 283 g/mol. The first-order valence-electron chi connectivity index (χ1n) is 6.82. The summed E-state index contributed by atoms with van der Waals surface area (Å²) in [6.45, 7) is 2.31. The zero-order valence-electron chi connectivity index (χ0n) is 11.1. The molecule has 1 saturated carbocycles. The minimum absolute atomic E-state index is 0.0170. The van der Waals surface area contributed by atoms with Crippen molar-refractivity contribution in [1.29, 1.82) is 0 Å². The van der Waals surface area contributed by atoms with Crippen LogP contribution in [-0.2, 0) is 0 Å². The van der Waals surface area contributed by atoms with E-state index in [1.165, 1.54) is 0 Å². The minimum Gasteiger partial charge on any atom is -0.391 e. The van der Waals surface area contributed by atoms with Gasteiger partial charge in [-0.2, -0.15) is 0 Å². The van der Waals surface area contributed by atoms with Crippen LogP contribution >= 0.6 is 11.3 Å². The van der Waals surface area contributed by atoms with E-state index in [4.69, 9.17) is 0 Å². The second-order valence-corrected chi connectivity index (χ2v) is 5.91. The normalized spacial score (nSPS) is 17.8. The van der Waals surface area contributed by atoms with Crippen LogP contribution in [0.3, 0.4) is 0 Å². The van der Waals surface area contributed by atoms with Gasteiger partial charge in [-0.25, -0.2) is 9.78 Å². The molecule has 0 aliphatic heterocycles. The number of hydrogen-bond acceptors (Lipinski definition) is 4. The summed E-state index contributed by atoms with van der Waals surface area (Å²) in [4.78, 5) is 16.1. The van der Waals surface area contributed by atoms with Gasteiger partial charge in [-0.05, 0) is 25.2 Å². The molecule has 1 aliphatic carbocycles. The summed E-state index contributed by atoms with van der Waals surface area (Å²) in [7, 11) is 0. The highest BCUT2D eigenvalue weighted by Crippen LogP contribution is 2.41. The Morgan fingerprint density at radius 1 is 1.63 bits per heavy atom. The molecule has 0 aromatic carbocycles. The highest BCUT2D eigenvalue weighted by molar-refractivity contribution is 7.09. The Labute approximate surface area is 117 Å². The first-order chi connectivity index (χ1) is 9.20. The molecule has 1 aromatic rings. The zero-order valence-corrected chi connectivity index (χ0v) is 11.9. The van der Waals surface area contributed by atoms with Crippen molar-refractivity contribution in [3.63, 3.8) is 0 Å². The number of rotatable bonds is 7. The van der Waals surface area contributed by atoms with Gasteiger partial charge in [0.05, 0.1) is 12.1 Å². The van der Waals surface area contributed by atoms with Gasteiger partial charge in [0.1, 0.15) is 5.01 Å². The van der Waals surface area contributed by atoms with E-state index in [-0.39, 0.29) is 12.1 Å². The fraction of sp³-hybridized carbons (Fsp3) is 0.692. The van der Waals surface area contributed by atoms with E-state index in [0.29, 0.717) is 18.9 Å². The largest absolute Gasteiger partial charge is 0.391 e. The third-order valence-electron chi connectivity index (χ3n) is 3.22. The molecule has 106 valence electrons. The lowest BCUT2D eigenvalue weighted by Crippen LogP contribution is -2.41. The molecule has 0 spiro atoms. The Morgan fingerprint density at radius 2 is 2.42 bits per heavy atom. The molecule has 6 heteroatoms. The second-order valence-electron chi connectivity index (χ2n) is 4.98. The molecule has 1 heterocycles. The Balaban J connectivity index is 1.79. The van der Waals surface area contributed by atoms with E-state index in [9.17, 15) is 9.90 Å². The number of hydrogen-bond donors (Lipinski definition) is 3. The van der Waals surface area contributed by atoms with Gasteiger partial charge in [0.15, 0.2) is 0 Å². The van der Waals surface area contributed by atoms with Crippen molar-refractivity contribution in [3.05, 3.63) is 16.6 Å². The SMILES string of the molecule is CCCC(O)CNC(=O)NC(c1nccs1)C1CC1. The van der Waals surface area contributed by atoms with Crippen LogP contribution in [0.15, 0.2) is 11.6 Å². The van der Waals surface area contributed by atoms with Crippen molar-refractivity contribution in [2.75, 3.05) is 6.54 Å². The van der Waals surface area contributed by atoms with Gasteiger partial charge in [-0.3, -0.25) is 0 Å². The number of aliphatic hydroxyl groups excluding tert-OH is 1. The minimum atomic E-state index is -0.463. The molecular formula is C13H21N3O2S. The predicted octanol–water partition coefficient (Wildman–Crippen LogP) is 2.05. The van der Waals surface area contributed by atoms with Crippen molar-refractivity contribution < 1.29 is 9.90 Å². The van der Waals surface area contributed by atoms with Crippen LogP contribution in [0.4, 0.5) is 4.79 Å². The molecule has 19 heavy (non-hydrogen) atoms. The van der Waals surface area contributed by atoms with Crippen LogP contribution in [0.2, 0.25) is 0 Å². The summed E-state index contributed by atoms with van der Waals surface area (Å²) in [6, 6.07) is -0.203. The summed E-state index contributed by atoms with van der Waals surface area (Å²) >= 11 is 1.57. The molecule has 1 aliphatic rings. The summed E-state index contributed by atoms with van der Waals surface area (Å²) < 4.78 is 0. The van der Waals surface area contributed by atoms with E-state index in [2.05, 4.69) is 15.6 Å². The lowest BCUT2D eigenvalue weighted by molar-refractivity contribution is 0.159. The second kappa shape index (κ2) is 6.86. The quantitative estimate of drug-likeness (QED) is 0.717. The molecule has 5 nitrogen and oxygen atoms in total. The molecule has 0 saturated heterocycles. The standard InChI is InChI=1S/C13H21N3O2S/c1-2-3-10(17)8-15-13(18)16-11(9-4-5-9)12-14-6-7-19-12/h6-7,9-11,17H,2-5,8H2,1H3,(H2,15,16,18). The van der Waals surface area contributed by atoms with E-state index in [0.717, 1.165) is 24.3 Å². The third kappa shape index (κ3) is 4.47. The fourth-order valence-electron chi connectivity index (χ4n) is 2.04. The van der Waals surface area contributed by atoms with Crippen LogP contribution < -0.4 is 10.6 Å². The van der Waals surface area contributed by atoms with Crippen LogP contribution in [0.5, 0.6) is 0 Å². The molecule has 0 radical (unpaired) electrons. The van der Waals surface area contributed by atoms with E-state index in [1.807, 2.05) is 12.3 Å². The predicted molar refractivity (Wildman–Crippen MR) is 75.0 cm³/mol. The number of carbonyl (C=O) groups excluding carboxylic acids is 1. The molecule has 2 rings (SSSR count).